The number of aromatic nitrogens is 4. The molecule has 0 bridgehead atoms. The number of carbonyl (C=O) groups excluding carboxylic acids is 1. The SMILES string of the molecule is COCC(=O)c1cncc(Cl)c1COc1cccc2c(-n3ccnc3)cc(C)nc12. The Morgan fingerprint density at radius 1 is 1.23 bits per heavy atom. The normalized spacial score (nSPS) is 11.0. The van der Waals surface area contributed by atoms with E-state index in [2.05, 4.69) is 15.0 Å². The lowest BCUT2D eigenvalue weighted by molar-refractivity contribution is 0.0845. The predicted molar refractivity (Wildman–Crippen MR) is 113 cm³/mol. The molecule has 0 aliphatic carbocycles. The zero-order valence-corrected chi connectivity index (χ0v) is 17.3. The number of rotatable bonds is 7. The highest BCUT2D eigenvalue weighted by atomic mass is 35.5. The number of fused-ring (bicyclic) bond motifs is 1. The van der Waals surface area contributed by atoms with Gasteiger partial charge in [0.15, 0.2) is 5.78 Å². The van der Waals surface area contributed by atoms with Crippen molar-refractivity contribution in [3.63, 3.8) is 0 Å². The van der Waals surface area contributed by atoms with Crippen molar-refractivity contribution in [3.05, 3.63) is 77.2 Å². The molecule has 0 spiro atoms. The summed E-state index contributed by atoms with van der Waals surface area (Å²) in [5.74, 6) is 0.385. The molecule has 0 saturated heterocycles. The Morgan fingerprint density at radius 3 is 2.87 bits per heavy atom. The van der Waals surface area contributed by atoms with Crippen LogP contribution in [0, 0.1) is 6.92 Å². The molecule has 152 valence electrons. The van der Waals surface area contributed by atoms with E-state index in [9.17, 15) is 4.79 Å². The van der Waals surface area contributed by atoms with E-state index in [1.807, 2.05) is 42.0 Å². The summed E-state index contributed by atoms with van der Waals surface area (Å²) in [5.41, 5.74) is 3.47. The van der Waals surface area contributed by atoms with Gasteiger partial charge in [-0.05, 0) is 19.1 Å². The summed E-state index contributed by atoms with van der Waals surface area (Å²) >= 11 is 6.31. The molecule has 3 heterocycles. The first kappa shape index (κ1) is 20.0. The Bertz CT molecular complexity index is 1210. The van der Waals surface area contributed by atoms with Crippen LogP contribution in [0.3, 0.4) is 0 Å². The van der Waals surface area contributed by atoms with Gasteiger partial charge in [-0.2, -0.15) is 0 Å². The molecule has 8 heteroatoms. The first-order valence-corrected chi connectivity index (χ1v) is 9.62. The van der Waals surface area contributed by atoms with Crippen molar-refractivity contribution >= 4 is 28.3 Å². The van der Waals surface area contributed by atoms with Gasteiger partial charge in [0.25, 0.3) is 0 Å². The molecule has 0 aliphatic rings. The maximum absolute atomic E-state index is 12.4. The summed E-state index contributed by atoms with van der Waals surface area (Å²) in [7, 11) is 1.47. The number of para-hydroxylation sites is 1. The Balaban J connectivity index is 1.72. The molecule has 3 aromatic heterocycles. The molecule has 7 nitrogen and oxygen atoms in total. The number of imidazole rings is 1. The fraction of sp³-hybridized carbons (Fsp3) is 0.182. The first-order valence-electron chi connectivity index (χ1n) is 9.24. The summed E-state index contributed by atoms with van der Waals surface area (Å²) in [6.07, 6.45) is 8.32. The maximum atomic E-state index is 12.4. The van der Waals surface area contributed by atoms with Crippen LogP contribution in [-0.4, -0.2) is 39.0 Å². The molecular weight excluding hydrogens is 404 g/mol. The lowest BCUT2D eigenvalue weighted by Gasteiger charge is -2.14. The minimum Gasteiger partial charge on any atom is -0.487 e. The number of nitrogens with zero attached hydrogens (tertiary/aromatic N) is 4. The summed E-state index contributed by atoms with van der Waals surface area (Å²) in [5, 5.41) is 1.29. The molecule has 0 unspecified atom stereocenters. The number of halogens is 1. The van der Waals surface area contributed by atoms with Gasteiger partial charge in [0.2, 0.25) is 0 Å². The quantitative estimate of drug-likeness (QED) is 0.415. The summed E-state index contributed by atoms with van der Waals surface area (Å²) in [4.78, 5) is 25.2. The molecule has 4 aromatic rings. The highest BCUT2D eigenvalue weighted by Crippen LogP contribution is 2.30. The van der Waals surface area contributed by atoms with Crippen molar-refractivity contribution in [2.75, 3.05) is 13.7 Å². The minimum absolute atomic E-state index is 0.0572. The second-order valence-corrected chi connectivity index (χ2v) is 7.10. The van der Waals surface area contributed by atoms with Crippen molar-refractivity contribution in [2.45, 2.75) is 13.5 Å². The first-order chi connectivity index (χ1) is 14.6. The van der Waals surface area contributed by atoms with E-state index >= 15 is 0 Å². The van der Waals surface area contributed by atoms with Crippen LogP contribution in [0.2, 0.25) is 5.02 Å². The molecule has 0 amide bonds. The van der Waals surface area contributed by atoms with E-state index in [1.165, 1.54) is 19.5 Å². The molecule has 0 fully saturated rings. The van der Waals surface area contributed by atoms with Crippen LogP contribution in [0.25, 0.3) is 16.6 Å². The number of ketones is 1. The third-order valence-corrected chi connectivity index (χ3v) is 4.97. The van der Waals surface area contributed by atoms with Gasteiger partial charge in [-0.1, -0.05) is 23.7 Å². The lowest BCUT2D eigenvalue weighted by Crippen LogP contribution is -2.12. The smallest absolute Gasteiger partial charge is 0.190 e. The Kier molecular flexibility index (Phi) is 5.74. The summed E-state index contributed by atoms with van der Waals surface area (Å²) in [6, 6.07) is 7.73. The minimum atomic E-state index is -0.208. The maximum Gasteiger partial charge on any atom is 0.190 e. The van der Waals surface area contributed by atoms with Gasteiger partial charge >= 0.3 is 0 Å². The van der Waals surface area contributed by atoms with Gasteiger partial charge in [0.05, 0.1) is 17.0 Å². The van der Waals surface area contributed by atoms with E-state index in [1.54, 1.807) is 12.5 Å². The molecule has 0 atom stereocenters. The standard InChI is InChI=1S/C22H19ClN4O3/c1-14-8-19(27-7-6-24-13-27)15-4-3-5-21(22(15)26-14)30-11-17-16(20(28)12-29-2)9-25-10-18(17)23/h3-10,13H,11-12H2,1-2H3. The Hall–Kier alpha value is -3.29. The third-order valence-electron chi connectivity index (χ3n) is 4.64. The highest BCUT2D eigenvalue weighted by Gasteiger charge is 2.17. The monoisotopic (exact) mass is 422 g/mol. The van der Waals surface area contributed by atoms with Crippen molar-refractivity contribution in [3.8, 4) is 11.4 Å². The summed E-state index contributed by atoms with van der Waals surface area (Å²) < 4.78 is 13.0. The van der Waals surface area contributed by atoms with Crippen molar-refractivity contribution < 1.29 is 14.3 Å². The van der Waals surface area contributed by atoms with Crippen LogP contribution < -0.4 is 4.74 Å². The molecule has 4 rings (SSSR count). The zero-order valence-electron chi connectivity index (χ0n) is 16.5. The molecule has 1 aromatic carbocycles. The fourth-order valence-corrected chi connectivity index (χ4v) is 3.48. The van der Waals surface area contributed by atoms with Crippen molar-refractivity contribution in [1.29, 1.82) is 0 Å². The van der Waals surface area contributed by atoms with Crippen LogP contribution in [0.4, 0.5) is 0 Å². The Labute approximate surface area is 178 Å². The van der Waals surface area contributed by atoms with E-state index in [0.29, 0.717) is 21.9 Å². The number of carbonyl (C=O) groups is 1. The molecule has 0 radical (unpaired) electrons. The molecule has 0 saturated carbocycles. The number of ether oxygens (including phenoxy) is 2. The Morgan fingerprint density at radius 2 is 2.10 bits per heavy atom. The van der Waals surface area contributed by atoms with Gasteiger partial charge in [-0.3, -0.25) is 9.78 Å². The number of pyridine rings is 2. The fourth-order valence-electron chi connectivity index (χ4n) is 3.27. The number of hydrogen-bond donors (Lipinski definition) is 0. The topological polar surface area (TPSA) is 79.1 Å². The van der Waals surface area contributed by atoms with E-state index in [4.69, 9.17) is 21.1 Å². The summed E-state index contributed by atoms with van der Waals surface area (Å²) in [6.45, 7) is 1.97. The second kappa shape index (κ2) is 8.61. The third kappa shape index (κ3) is 3.90. The average molecular weight is 423 g/mol. The van der Waals surface area contributed by atoms with Crippen molar-refractivity contribution in [1.82, 2.24) is 19.5 Å². The number of hydrogen-bond acceptors (Lipinski definition) is 6. The van der Waals surface area contributed by atoms with Gasteiger partial charge < -0.3 is 14.0 Å². The average Bonchev–Trinajstić information content (AvgIpc) is 3.27. The largest absolute Gasteiger partial charge is 0.487 e. The van der Waals surface area contributed by atoms with Gasteiger partial charge in [0.1, 0.15) is 24.5 Å². The molecular formula is C22H19ClN4O3. The predicted octanol–water partition coefficient (Wildman–Crippen LogP) is 4.19. The highest BCUT2D eigenvalue weighted by molar-refractivity contribution is 6.31. The molecule has 0 aliphatic heterocycles. The number of aryl methyl sites for hydroxylation is 1. The van der Waals surface area contributed by atoms with Gasteiger partial charge in [0, 0.05) is 54.1 Å². The lowest BCUT2D eigenvalue weighted by atomic mass is 10.1. The van der Waals surface area contributed by atoms with Crippen LogP contribution in [0.15, 0.2) is 55.4 Å². The number of benzene rings is 1. The number of methoxy groups -OCH3 is 1. The van der Waals surface area contributed by atoms with Crippen LogP contribution in [0.5, 0.6) is 5.75 Å². The number of Topliss-reactive ketones (excluding diaryl/α,β-unsaturated/α-hetero) is 1. The van der Waals surface area contributed by atoms with Crippen LogP contribution in [0.1, 0.15) is 21.6 Å². The van der Waals surface area contributed by atoms with E-state index in [-0.39, 0.29) is 19.0 Å². The van der Waals surface area contributed by atoms with E-state index in [0.717, 1.165) is 22.3 Å². The molecule has 0 N–H and O–H groups in total. The van der Waals surface area contributed by atoms with E-state index < -0.39 is 0 Å². The van der Waals surface area contributed by atoms with Crippen LogP contribution >= 0.6 is 11.6 Å². The van der Waals surface area contributed by atoms with Gasteiger partial charge in [-0.25, -0.2) is 9.97 Å². The van der Waals surface area contributed by atoms with Crippen LogP contribution in [-0.2, 0) is 11.3 Å². The zero-order chi connectivity index (χ0) is 21.1. The molecule has 30 heavy (non-hydrogen) atoms. The second-order valence-electron chi connectivity index (χ2n) is 6.70. The van der Waals surface area contributed by atoms with Gasteiger partial charge in [-0.15, -0.1) is 0 Å². The van der Waals surface area contributed by atoms with Crippen molar-refractivity contribution in [2.24, 2.45) is 0 Å².